The average Bonchev–Trinajstić information content (AvgIpc) is 3.23. The van der Waals surface area contributed by atoms with E-state index in [1.807, 2.05) is 6.92 Å². The number of Topliss-reactive ketones (excluding diaryl/α,β-unsaturated/α-hetero) is 1. The van der Waals surface area contributed by atoms with Crippen LogP contribution in [0.15, 0.2) is 25.3 Å². The van der Waals surface area contributed by atoms with Crippen LogP contribution in [0, 0.1) is 5.92 Å². The average molecular weight is 556 g/mol. The minimum Gasteiger partial charge on any atom is -0.444 e. The molecule has 3 aliphatic rings. The third-order valence-corrected chi connectivity index (χ3v) is 8.68. The number of ketones is 1. The number of carbonyl (C=O) groups is 4. The van der Waals surface area contributed by atoms with E-state index in [9.17, 15) is 19.2 Å². The van der Waals surface area contributed by atoms with Gasteiger partial charge in [-0.15, -0.1) is 11.8 Å². The first-order valence-corrected chi connectivity index (χ1v) is 16.7. The largest absolute Gasteiger partial charge is 0.444 e. The van der Waals surface area contributed by atoms with E-state index in [1.165, 1.54) is 33.9 Å². The Bertz CT molecular complexity index is 881. The lowest BCUT2D eigenvalue weighted by molar-refractivity contribution is -0.155. The van der Waals surface area contributed by atoms with Crippen molar-refractivity contribution in [1.82, 2.24) is 15.3 Å². The van der Waals surface area contributed by atoms with Crippen molar-refractivity contribution in [2.75, 3.05) is 32.9 Å². The van der Waals surface area contributed by atoms with Gasteiger partial charge in [-0.25, -0.2) is 19.6 Å². The zero-order chi connectivity index (χ0) is 27.3. The third kappa shape index (κ3) is 7.15. The molecule has 37 heavy (non-hydrogen) atoms. The number of thioether (sulfide) groups is 1. The van der Waals surface area contributed by atoms with Crippen molar-refractivity contribution in [3.63, 3.8) is 0 Å². The molecule has 206 valence electrons. The number of nitrogens with zero attached hydrogens (tertiary/aromatic N) is 2. The molecule has 5 atom stereocenters. The summed E-state index contributed by atoms with van der Waals surface area (Å²) in [5.41, 5.74) is 0. The number of hydrazine groups is 1. The predicted octanol–water partition coefficient (Wildman–Crippen LogP) is 2.35. The van der Waals surface area contributed by atoms with Crippen LogP contribution in [0.1, 0.15) is 13.3 Å². The van der Waals surface area contributed by atoms with Crippen LogP contribution in [0.25, 0.3) is 0 Å². The highest BCUT2D eigenvalue weighted by Gasteiger charge is 2.53. The second-order valence-electron chi connectivity index (χ2n) is 10.1. The molecule has 3 rings (SSSR count). The zero-order valence-electron chi connectivity index (χ0n) is 21.8. The Morgan fingerprint density at radius 1 is 1.14 bits per heavy atom. The van der Waals surface area contributed by atoms with Gasteiger partial charge in [-0.2, -0.15) is 0 Å². The normalized spacial score (nSPS) is 27.2. The maximum absolute atomic E-state index is 13.5. The number of rotatable bonds is 10. The van der Waals surface area contributed by atoms with Crippen LogP contribution in [0.3, 0.4) is 0 Å². The van der Waals surface area contributed by atoms with Gasteiger partial charge in [0.25, 0.3) is 0 Å². The van der Waals surface area contributed by atoms with Crippen LogP contribution in [0.4, 0.5) is 9.59 Å². The molecule has 0 radical (unpaired) electrons. The molecule has 0 aromatic carbocycles. The van der Waals surface area contributed by atoms with Crippen LogP contribution >= 0.6 is 11.8 Å². The highest BCUT2D eigenvalue weighted by Crippen LogP contribution is 2.35. The van der Waals surface area contributed by atoms with Gasteiger partial charge < -0.3 is 24.0 Å². The molecular formula is C24H37N3O8SSi. The van der Waals surface area contributed by atoms with Gasteiger partial charge >= 0.3 is 12.2 Å². The second-order valence-corrected chi connectivity index (χ2v) is 16.1. The summed E-state index contributed by atoms with van der Waals surface area (Å²) in [5, 5.41) is 4.55. The molecule has 0 saturated carbocycles. The first kappa shape index (κ1) is 29.2. The molecule has 0 aromatic rings. The van der Waals surface area contributed by atoms with Gasteiger partial charge in [-0.1, -0.05) is 25.3 Å². The van der Waals surface area contributed by atoms with Gasteiger partial charge in [-0.05, 0) is 33.0 Å². The molecule has 3 heterocycles. The van der Waals surface area contributed by atoms with E-state index in [0.29, 0.717) is 13.0 Å². The fourth-order valence-electron chi connectivity index (χ4n) is 4.66. The van der Waals surface area contributed by atoms with Crippen LogP contribution in [0.5, 0.6) is 0 Å². The lowest BCUT2D eigenvalue weighted by Gasteiger charge is -2.46. The monoisotopic (exact) mass is 555 g/mol. The topological polar surface area (TPSA) is 124 Å². The molecule has 3 aliphatic heterocycles. The van der Waals surface area contributed by atoms with Crippen molar-refractivity contribution in [2.45, 2.75) is 61.7 Å². The molecule has 3 amide bonds. The summed E-state index contributed by atoms with van der Waals surface area (Å²) in [5.74, 6) is -0.707. The van der Waals surface area contributed by atoms with E-state index in [2.05, 4.69) is 38.1 Å². The molecule has 3 fully saturated rings. The Kier molecular flexibility index (Phi) is 9.84. The smallest absolute Gasteiger partial charge is 0.429 e. The van der Waals surface area contributed by atoms with Gasteiger partial charge in [0, 0.05) is 11.9 Å². The summed E-state index contributed by atoms with van der Waals surface area (Å²) in [7, 11) is -1.88. The van der Waals surface area contributed by atoms with Crippen molar-refractivity contribution in [3.8, 4) is 0 Å². The summed E-state index contributed by atoms with van der Waals surface area (Å²) in [6.07, 6.45) is 0.856. The standard InChI is InChI=1S/C24H37N3O8SSi/c1-7-10-33-23(30)26-13-16(14-27(26)24(31)34-11-8-2)36-17-9-12-32-21(20(17)28)19-18(22(29)25-19)15(3)35-37(4,5)6/h7-8,15-19,21H,1-2,9-14H2,3-6H3,(H,25,29)/t15-,17?,18-,19+,21-/m1/s1. The van der Waals surface area contributed by atoms with E-state index >= 15 is 0 Å². The Morgan fingerprint density at radius 2 is 1.70 bits per heavy atom. The van der Waals surface area contributed by atoms with Crippen molar-refractivity contribution in [2.24, 2.45) is 5.92 Å². The number of nitrogens with one attached hydrogen (secondary N) is 1. The molecule has 13 heteroatoms. The van der Waals surface area contributed by atoms with Crippen molar-refractivity contribution >= 4 is 44.0 Å². The van der Waals surface area contributed by atoms with E-state index < -0.39 is 43.8 Å². The van der Waals surface area contributed by atoms with Gasteiger partial charge in [0.1, 0.15) is 19.3 Å². The van der Waals surface area contributed by atoms with Gasteiger partial charge in [0.15, 0.2) is 14.1 Å². The second kappa shape index (κ2) is 12.5. The molecule has 0 spiro atoms. The van der Waals surface area contributed by atoms with Gasteiger partial charge in [0.2, 0.25) is 5.91 Å². The maximum atomic E-state index is 13.5. The van der Waals surface area contributed by atoms with Crippen LogP contribution in [-0.4, -0.2) is 104 Å². The Labute approximate surface area is 223 Å². The molecule has 11 nitrogen and oxygen atoms in total. The number of amides is 3. The van der Waals surface area contributed by atoms with Crippen molar-refractivity contribution in [1.29, 1.82) is 0 Å². The number of hydrogen-bond donors (Lipinski definition) is 1. The van der Waals surface area contributed by atoms with Crippen molar-refractivity contribution in [3.05, 3.63) is 25.3 Å². The SMILES string of the molecule is C=CCOC(=O)N1CC(SC2CCO[C@H]([C@H]3NC(=O)[C@@H]3[C@@H](C)O[Si](C)(C)C)C2=O)CN1C(=O)OCC=C. The number of carbonyl (C=O) groups excluding carboxylic acids is 4. The van der Waals surface area contributed by atoms with Crippen LogP contribution < -0.4 is 5.32 Å². The molecule has 3 saturated heterocycles. The Morgan fingerprint density at radius 3 is 2.19 bits per heavy atom. The number of ether oxygens (including phenoxy) is 3. The summed E-state index contributed by atoms with van der Waals surface area (Å²) in [6.45, 7) is 15.8. The number of β-lactam (4-membered cyclic amide) rings is 1. The predicted molar refractivity (Wildman–Crippen MR) is 140 cm³/mol. The summed E-state index contributed by atoms with van der Waals surface area (Å²) < 4.78 is 22.2. The molecular weight excluding hydrogens is 518 g/mol. The van der Waals surface area contributed by atoms with Gasteiger partial charge in [0.05, 0.1) is 36.4 Å². The quantitative estimate of drug-likeness (QED) is 0.246. The lowest BCUT2D eigenvalue weighted by atomic mass is 9.80. The maximum Gasteiger partial charge on any atom is 0.429 e. The lowest BCUT2D eigenvalue weighted by Crippen LogP contribution is -2.70. The summed E-state index contributed by atoms with van der Waals surface area (Å²) in [6, 6.07) is -0.450. The molecule has 0 bridgehead atoms. The van der Waals surface area contributed by atoms with Crippen molar-refractivity contribution < 1.29 is 37.8 Å². The van der Waals surface area contributed by atoms with Crippen LogP contribution in [-0.2, 0) is 28.2 Å². The number of hydrogen-bond acceptors (Lipinski definition) is 9. The molecule has 1 unspecified atom stereocenters. The fourth-order valence-corrected chi connectivity index (χ4v) is 7.34. The first-order chi connectivity index (χ1) is 17.5. The van der Waals surface area contributed by atoms with Gasteiger partial charge in [-0.3, -0.25) is 9.59 Å². The first-order valence-electron chi connectivity index (χ1n) is 12.4. The van der Waals surface area contributed by atoms with E-state index in [1.54, 1.807) is 0 Å². The molecule has 0 aromatic heterocycles. The zero-order valence-corrected chi connectivity index (χ0v) is 23.7. The third-order valence-electron chi connectivity index (χ3n) is 6.12. The fraction of sp³-hybridized carbons (Fsp3) is 0.667. The minimum absolute atomic E-state index is 0.00304. The van der Waals surface area contributed by atoms with Crippen LogP contribution in [0.2, 0.25) is 19.6 Å². The highest BCUT2D eigenvalue weighted by atomic mass is 32.2. The summed E-state index contributed by atoms with van der Waals surface area (Å²) >= 11 is 1.40. The molecule has 1 N–H and O–H groups in total. The van der Waals surface area contributed by atoms with E-state index in [-0.39, 0.29) is 49.3 Å². The highest BCUT2D eigenvalue weighted by molar-refractivity contribution is 8.01. The van der Waals surface area contributed by atoms with E-state index in [0.717, 1.165) is 0 Å². The minimum atomic E-state index is -1.88. The summed E-state index contributed by atoms with van der Waals surface area (Å²) in [4.78, 5) is 50.9. The molecule has 0 aliphatic carbocycles. The Hall–Kier alpha value is -2.35. The Balaban J connectivity index is 1.66. The van der Waals surface area contributed by atoms with E-state index in [4.69, 9.17) is 18.6 Å².